The van der Waals surface area contributed by atoms with Gasteiger partial charge in [0.25, 0.3) is 5.91 Å². The SMILES string of the molecule is COc1ccc(CCN=C2NC(=O)/C(=C/c3ccc4ncccc4c3)S2)cc1. The molecule has 1 aliphatic heterocycles. The molecule has 3 aromatic rings. The number of aromatic nitrogens is 1. The number of carbonyl (C=O) groups excluding carboxylic acids is 1. The molecule has 4 rings (SSSR count). The van der Waals surface area contributed by atoms with Crippen LogP contribution in [0.5, 0.6) is 5.75 Å². The van der Waals surface area contributed by atoms with Crippen molar-refractivity contribution in [2.24, 2.45) is 4.99 Å². The van der Waals surface area contributed by atoms with Gasteiger partial charge in [-0.05, 0) is 65.7 Å². The van der Waals surface area contributed by atoms with Crippen molar-refractivity contribution in [2.75, 3.05) is 13.7 Å². The highest BCUT2D eigenvalue weighted by Crippen LogP contribution is 2.27. The van der Waals surface area contributed by atoms with Gasteiger partial charge in [0.1, 0.15) is 5.75 Å². The fourth-order valence-corrected chi connectivity index (χ4v) is 3.76. The smallest absolute Gasteiger partial charge is 0.264 e. The van der Waals surface area contributed by atoms with Crippen molar-refractivity contribution in [3.63, 3.8) is 0 Å². The van der Waals surface area contributed by atoms with Crippen LogP contribution in [-0.4, -0.2) is 29.7 Å². The number of pyridine rings is 1. The van der Waals surface area contributed by atoms with Gasteiger partial charge in [0.05, 0.1) is 17.5 Å². The van der Waals surface area contributed by atoms with E-state index in [0.717, 1.165) is 28.6 Å². The number of amidine groups is 1. The number of amides is 1. The Morgan fingerprint density at radius 2 is 2.04 bits per heavy atom. The number of hydrogen-bond acceptors (Lipinski definition) is 5. The van der Waals surface area contributed by atoms with Crippen molar-refractivity contribution in [1.82, 2.24) is 10.3 Å². The first kappa shape index (κ1) is 18.3. The zero-order chi connectivity index (χ0) is 19.3. The van der Waals surface area contributed by atoms with Crippen molar-refractivity contribution in [1.29, 1.82) is 0 Å². The van der Waals surface area contributed by atoms with Gasteiger partial charge in [0.2, 0.25) is 0 Å². The van der Waals surface area contributed by atoms with E-state index < -0.39 is 0 Å². The molecule has 5 nitrogen and oxygen atoms in total. The maximum atomic E-state index is 12.2. The van der Waals surface area contributed by atoms with Crippen LogP contribution < -0.4 is 10.1 Å². The average molecular weight is 389 g/mol. The lowest BCUT2D eigenvalue weighted by Crippen LogP contribution is -2.20. The van der Waals surface area contributed by atoms with Crippen LogP contribution in [0.4, 0.5) is 0 Å². The molecule has 0 atom stereocenters. The van der Waals surface area contributed by atoms with Gasteiger partial charge >= 0.3 is 0 Å². The molecule has 0 spiro atoms. The zero-order valence-corrected chi connectivity index (χ0v) is 16.2. The molecule has 1 fully saturated rings. The molecule has 140 valence electrons. The van der Waals surface area contributed by atoms with Crippen LogP contribution in [0.2, 0.25) is 0 Å². The predicted octanol–water partition coefficient (Wildman–Crippen LogP) is 4.05. The summed E-state index contributed by atoms with van der Waals surface area (Å²) in [7, 11) is 1.65. The monoisotopic (exact) mass is 389 g/mol. The molecule has 0 bridgehead atoms. The summed E-state index contributed by atoms with van der Waals surface area (Å²) in [5.74, 6) is 0.729. The average Bonchev–Trinajstić information content (AvgIpc) is 3.07. The van der Waals surface area contributed by atoms with Crippen LogP contribution in [0, 0.1) is 0 Å². The predicted molar refractivity (Wildman–Crippen MR) is 114 cm³/mol. The standard InChI is InChI=1S/C22H19N3O2S/c1-27-18-7-4-15(5-8-18)10-12-24-22-25-21(26)20(28-22)14-16-6-9-19-17(13-16)3-2-11-23-19/h2-9,11,13-14H,10,12H2,1H3,(H,24,25,26)/b20-14-. The summed E-state index contributed by atoms with van der Waals surface area (Å²) in [6.07, 6.45) is 4.47. The van der Waals surface area contributed by atoms with Crippen LogP contribution in [0.15, 0.2) is 70.7 Å². The number of nitrogens with one attached hydrogen (secondary N) is 1. The molecule has 1 N–H and O–H groups in total. The van der Waals surface area contributed by atoms with Gasteiger partial charge in [0.15, 0.2) is 5.17 Å². The van der Waals surface area contributed by atoms with Gasteiger partial charge in [-0.25, -0.2) is 0 Å². The van der Waals surface area contributed by atoms with Gasteiger partial charge in [-0.1, -0.05) is 24.3 Å². The molecule has 1 amide bonds. The minimum atomic E-state index is -0.112. The van der Waals surface area contributed by atoms with E-state index in [1.54, 1.807) is 13.3 Å². The second kappa shape index (κ2) is 8.27. The van der Waals surface area contributed by atoms with Crippen LogP contribution >= 0.6 is 11.8 Å². The first-order chi connectivity index (χ1) is 13.7. The summed E-state index contributed by atoms with van der Waals surface area (Å²) in [5, 5.41) is 4.53. The highest BCUT2D eigenvalue weighted by Gasteiger charge is 2.23. The van der Waals surface area contributed by atoms with Crippen LogP contribution in [-0.2, 0) is 11.2 Å². The van der Waals surface area contributed by atoms with E-state index >= 15 is 0 Å². The quantitative estimate of drug-likeness (QED) is 0.669. The van der Waals surface area contributed by atoms with Crippen LogP contribution in [0.25, 0.3) is 17.0 Å². The minimum absolute atomic E-state index is 0.112. The Bertz CT molecular complexity index is 1070. The number of hydrogen-bond donors (Lipinski definition) is 1. The molecule has 0 aliphatic carbocycles. The fraction of sp³-hybridized carbons (Fsp3) is 0.136. The Labute approximate surface area is 167 Å². The Kier molecular flexibility index (Phi) is 5.39. The van der Waals surface area contributed by atoms with Crippen LogP contribution in [0.1, 0.15) is 11.1 Å². The first-order valence-electron chi connectivity index (χ1n) is 8.94. The maximum Gasteiger partial charge on any atom is 0.264 e. The third-order valence-electron chi connectivity index (χ3n) is 4.39. The minimum Gasteiger partial charge on any atom is -0.497 e. The molecule has 0 radical (unpaired) electrons. The summed E-state index contributed by atoms with van der Waals surface area (Å²) in [5.41, 5.74) is 3.09. The number of benzene rings is 2. The normalized spacial score (nSPS) is 16.7. The van der Waals surface area contributed by atoms with Crippen molar-refractivity contribution in [2.45, 2.75) is 6.42 Å². The number of aliphatic imine (C=N–C) groups is 1. The summed E-state index contributed by atoms with van der Waals surface area (Å²) in [6.45, 7) is 0.615. The Balaban J connectivity index is 1.42. The number of methoxy groups -OCH3 is 1. The van der Waals surface area contributed by atoms with E-state index in [4.69, 9.17) is 4.74 Å². The molecular weight excluding hydrogens is 370 g/mol. The van der Waals surface area contributed by atoms with E-state index in [2.05, 4.69) is 15.3 Å². The van der Waals surface area contributed by atoms with Crippen molar-refractivity contribution >= 4 is 39.8 Å². The van der Waals surface area contributed by atoms with Crippen molar-refractivity contribution in [3.05, 3.63) is 76.8 Å². The number of ether oxygens (including phenoxy) is 1. The highest BCUT2D eigenvalue weighted by atomic mass is 32.2. The number of thioether (sulfide) groups is 1. The van der Waals surface area contributed by atoms with Gasteiger partial charge < -0.3 is 10.1 Å². The molecular formula is C22H19N3O2S. The van der Waals surface area contributed by atoms with Gasteiger partial charge in [-0.3, -0.25) is 14.8 Å². The summed E-state index contributed by atoms with van der Waals surface area (Å²) < 4.78 is 5.16. The van der Waals surface area contributed by atoms with E-state index in [1.165, 1.54) is 17.3 Å². The molecule has 0 saturated carbocycles. The number of carbonyl (C=O) groups is 1. The molecule has 1 aromatic heterocycles. The molecule has 1 aliphatic rings. The molecule has 2 aromatic carbocycles. The van der Waals surface area contributed by atoms with Crippen molar-refractivity contribution in [3.8, 4) is 5.75 Å². The van der Waals surface area contributed by atoms with E-state index in [0.29, 0.717) is 16.6 Å². The summed E-state index contributed by atoms with van der Waals surface area (Å²) in [6, 6.07) is 17.8. The molecule has 6 heteroatoms. The Morgan fingerprint density at radius 1 is 1.18 bits per heavy atom. The first-order valence-corrected chi connectivity index (χ1v) is 9.76. The number of rotatable bonds is 5. The lowest BCUT2D eigenvalue weighted by Gasteiger charge is -2.02. The van der Waals surface area contributed by atoms with Crippen molar-refractivity contribution < 1.29 is 9.53 Å². The molecule has 0 unspecified atom stereocenters. The largest absolute Gasteiger partial charge is 0.497 e. The Hall–Kier alpha value is -3.12. The molecule has 1 saturated heterocycles. The van der Waals surface area contributed by atoms with Gasteiger partial charge in [0, 0.05) is 18.1 Å². The lowest BCUT2D eigenvalue weighted by molar-refractivity contribution is -0.115. The number of nitrogens with zero attached hydrogens (tertiary/aromatic N) is 2. The Morgan fingerprint density at radius 3 is 2.86 bits per heavy atom. The second-order valence-electron chi connectivity index (χ2n) is 6.31. The highest BCUT2D eigenvalue weighted by molar-refractivity contribution is 8.18. The topological polar surface area (TPSA) is 63.6 Å². The van der Waals surface area contributed by atoms with Gasteiger partial charge in [-0.15, -0.1) is 0 Å². The lowest BCUT2D eigenvalue weighted by atomic mass is 10.1. The fourth-order valence-electron chi connectivity index (χ4n) is 2.92. The second-order valence-corrected chi connectivity index (χ2v) is 7.34. The molecule has 2 heterocycles. The zero-order valence-electron chi connectivity index (χ0n) is 15.4. The molecule has 28 heavy (non-hydrogen) atoms. The maximum absolute atomic E-state index is 12.2. The van der Waals surface area contributed by atoms with Crippen LogP contribution in [0.3, 0.4) is 0 Å². The van der Waals surface area contributed by atoms with E-state index in [1.807, 2.05) is 60.7 Å². The third kappa shape index (κ3) is 4.23. The van der Waals surface area contributed by atoms with E-state index in [-0.39, 0.29) is 5.91 Å². The summed E-state index contributed by atoms with van der Waals surface area (Å²) in [4.78, 5) is 21.7. The van der Waals surface area contributed by atoms with Gasteiger partial charge in [-0.2, -0.15) is 0 Å². The number of fused-ring (bicyclic) bond motifs is 1. The summed E-state index contributed by atoms with van der Waals surface area (Å²) >= 11 is 1.38. The third-order valence-corrected chi connectivity index (χ3v) is 5.34. The van der Waals surface area contributed by atoms with E-state index in [9.17, 15) is 4.79 Å².